The summed E-state index contributed by atoms with van der Waals surface area (Å²) in [6, 6.07) is 18.8. The van der Waals surface area contributed by atoms with E-state index in [4.69, 9.17) is 4.74 Å². The zero-order valence-corrected chi connectivity index (χ0v) is 16.7. The fraction of sp³-hybridized carbons (Fsp3) is 0.458. The van der Waals surface area contributed by atoms with E-state index in [2.05, 4.69) is 34.5 Å². The number of hydrogen-bond acceptors (Lipinski definition) is 3. The molecule has 1 N–H and O–H groups in total. The van der Waals surface area contributed by atoms with Crippen LogP contribution in [0.15, 0.2) is 54.6 Å². The quantitative estimate of drug-likeness (QED) is 0.829. The van der Waals surface area contributed by atoms with Gasteiger partial charge in [-0.25, -0.2) is 0 Å². The van der Waals surface area contributed by atoms with E-state index in [1.165, 1.54) is 11.1 Å². The van der Waals surface area contributed by atoms with Crippen molar-refractivity contribution >= 4 is 5.91 Å². The van der Waals surface area contributed by atoms with Gasteiger partial charge in [0.25, 0.3) is 0 Å². The minimum absolute atomic E-state index is 0.230. The van der Waals surface area contributed by atoms with Crippen LogP contribution in [0.25, 0.3) is 0 Å². The lowest BCUT2D eigenvalue weighted by Gasteiger charge is -2.42. The van der Waals surface area contributed by atoms with E-state index >= 15 is 0 Å². The molecule has 2 aromatic carbocycles. The fourth-order valence-corrected chi connectivity index (χ4v) is 4.57. The number of para-hydroxylation sites is 1. The van der Waals surface area contributed by atoms with Crippen LogP contribution >= 0.6 is 0 Å². The Kier molecular flexibility index (Phi) is 5.67. The van der Waals surface area contributed by atoms with Gasteiger partial charge >= 0.3 is 0 Å². The molecular weight excluding hydrogens is 348 g/mol. The summed E-state index contributed by atoms with van der Waals surface area (Å²) in [6.07, 6.45) is 5.09. The molecule has 4 nitrogen and oxygen atoms in total. The SMILES string of the molecule is COc1ccccc1CN1CCC(NC(=O)C2(c3ccccc3)CCC2)CC1. The first-order chi connectivity index (χ1) is 13.7. The number of benzene rings is 2. The van der Waals surface area contributed by atoms with E-state index in [0.29, 0.717) is 0 Å². The van der Waals surface area contributed by atoms with Crippen LogP contribution in [0.3, 0.4) is 0 Å². The maximum absolute atomic E-state index is 13.1. The van der Waals surface area contributed by atoms with Crippen LogP contribution < -0.4 is 10.1 Å². The molecule has 1 saturated carbocycles. The van der Waals surface area contributed by atoms with Gasteiger partial charge in [0.05, 0.1) is 12.5 Å². The summed E-state index contributed by atoms with van der Waals surface area (Å²) in [6.45, 7) is 2.90. The Morgan fingerprint density at radius 1 is 1.07 bits per heavy atom. The van der Waals surface area contributed by atoms with E-state index < -0.39 is 0 Å². The van der Waals surface area contributed by atoms with Crippen molar-refractivity contribution < 1.29 is 9.53 Å². The number of carbonyl (C=O) groups excluding carboxylic acids is 1. The molecule has 1 aliphatic heterocycles. The average Bonchev–Trinajstić information content (AvgIpc) is 2.70. The van der Waals surface area contributed by atoms with Gasteiger partial charge in [0.1, 0.15) is 5.75 Å². The number of rotatable bonds is 6. The molecule has 0 radical (unpaired) electrons. The molecule has 2 fully saturated rings. The van der Waals surface area contributed by atoms with Crippen molar-refractivity contribution in [2.24, 2.45) is 0 Å². The Hall–Kier alpha value is -2.33. The number of piperidine rings is 1. The third-order valence-electron chi connectivity index (χ3n) is 6.48. The molecule has 4 rings (SSSR count). The maximum Gasteiger partial charge on any atom is 0.230 e. The molecule has 0 unspecified atom stereocenters. The Labute approximate surface area is 167 Å². The van der Waals surface area contributed by atoms with Gasteiger partial charge in [-0.3, -0.25) is 9.69 Å². The van der Waals surface area contributed by atoms with E-state index in [0.717, 1.165) is 57.5 Å². The number of nitrogens with one attached hydrogen (secondary N) is 1. The Morgan fingerprint density at radius 2 is 1.75 bits per heavy atom. The van der Waals surface area contributed by atoms with Crippen LogP contribution in [0.1, 0.15) is 43.2 Å². The number of methoxy groups -OCH3 is 1. The van der Waals surface area contributed by atoms with Crippen LogP contribution in [0, 0.1) is 0 Å². The minimum atomic E-state index is -0.296. The van der Waals surface area contributed by atoms with Crippen molar-refractivity contribution in [2.45, 2.75) is 50.1 Å². The fourth-order valence-electron chi connectivity index (χ4n) is 4.57. The Balaban J connectivity index is 1.32. The third kappa shape index (κ3) is 3.79. The zero-order valence-electron chi connectivity index (χ0n) is 16.7. The molecule has 0 atom stereocenters. The standard InChI is InChI=1S/C24H30N2O2/c1-28-22-11-6-5-8-19(22)18-26-16-12-21(13-17-26)25-23(27)24(14-7-15-24)20-9-3-2-4-10-20/h2-6,8-11,21H,7,12-18H2,1H3,(H,25,27). The summed E-state index contributed by atoms with van der Waals surface area (Å²) in [7, 11) is 1.73. The van der Waals surface area contributed by atoms with Crippen molar-refractivity contribution in [1.82, 2.24) is 10.2 Å². The normalized spacial score (nSPS) is 19.6. The Bertz CT molecular complexity index is 793. The van der Waals surface area contributed by atoms with Gasteiger partial charge in [-0.2, -0.15) is 0 Å². The second-order valence-electron chi connectivity index (χ2n) is 8.14. The first kappa shape index (κ1) is 19.0. The highest BCUT2D eigenvalue weighted by Crippen LogP contribution is 2.44. The van der Waals surface area contributed by atoms with Crippen LogP contribution in [-0.2, 0) is 16.8 Å². The van der Waals surface area contributed by atoms with Gasteiger partial charge in [-0.1, -0.05) is 55.0 Å². The average molecular weight is 379 g/mol. The number of carbonyl (C=O) groups is 1. The first-order valence-corrected chi connectivity index (χ1v) is 10.4. The zero-order chi connectivity index (χ0) is 19.4. The number of hydrogen-bond donors (Lipinski definition) is 1. The monoisotopic (exact) mass is 378 g/mol. The highest BCUT2D eigenvalue weighted by Gasteiger charge is 2.46. The van der Waals surface area contributed by atoms with E-state index in [9.17, 15) is 4.79 Å². The van der Waals surface area contributed by atoms with Crippen LogP contribution in [0.5, 0.6) is 5.75 Å². The van der Waals surface area contributed by atoms with Crippen LogP contribution in [0.2, 0.25) is 0 Å². The number of amides is 1. The molecule has 148 valence electrons. The molecule has 0 bridgehead atoms. The van der Waals surface area contributed by atoms with Gasteiger partial charge in [0.15, 0.2) is 0 Å². The summed E-state index contributed by atoms with van der Waals surface area (Å²) in [5.74, 6) is 1.18. The number of likely N-dealkylation sites (tertiary alicyclic amines) is 1. The topological polar surface area (TPSA) is 41.6 Å². The molecule has 1 aliphatic carbocycles. The molecule has 4 heteroatoms. The summed E-state index contributed by atoms with van der Waals surface area (Å²) in [5.41, 5.74) is 2.10. The van der Waals surface area contributed by atoms with Crippen molar-refractivity contribution in [3.63, 3.8) is 0 Å². The largest absolute Gasteiger partial charge is 0.496 e. The highest BCUT2D eigenvalue weighted by molar-refractivity contribution is 5.89. The van der Waals surface area contributed by atoms with E-state index in [1.807, 2.05) is 30.3 Å². The molecule has 2 aliphatic rings. The molecular formula is C24H30N2O2. The van der Waals surface area contributed by atoms with E-state index in [-0.39, 0.29) is 17.4 Å². The van der Waals surface area contributed by atoms with Gasteiger partial charge in [-0.15, -0.1) is 0 Å². The van der Waals surface area contributed by atoms with Crippen molar-refractivity contribution in [3.8, 4) is 5.75 Å². The minimum Gasteiger partial charge on any atom is -0.496 e. The second kappa shape index (κ2) is 8.36. The summed E-state index contributed by atoms with van der Waals surface area (Å²) in [5, 5.41) is 3.38. The Morgan fingerprint density at radius 3 is 2.39 bits per heavy atom. The first-order valence-electron chi connectivity index (χ1n) is 10.4. The van der Waals surface area contributed by atoms with E-state index in [1.54, 1.807) is 7.11 Å². The van der Waals surface area contributed by atoms with Crippen molar-refractivity contribution in [3.05, 3.63) is 65.7 Å². The summed E-state index contributed by atoms with van der Waals surface area (Å²) in [4.78, 5) is 15.6. The van der Waals surface area contributed by atoms with Crippen molar-refractivity contribution in [2.75, 3.05) is 20.2 Å². The van der Waals surface area contributed by atoms with Gasteiger partial charge in [-0.05, 0) is 37.3 Å². The number of ether oxygens (including phenoxy) is 1. The molecule has 0 aromatic heterocycles. The lowest BCUT2D eigenvalue weighted by Crippen LogP contribution is -2.54. The molecule has 1 amide bonds. The molecule has 0 spiro atoms. The second-order valence-corrected chi connectivity index (χ2v) is 8.14. The highest BCUT2D eigenvalue weighted by atomic mass is 16.5. The maximum atomic E-state index is 13.1. The predicted molar refractivity (Wildman–Crippen MR) is 111 cm³/mol. The lowest BCUT2D eigenvalue weighted by molar-refractivity contribution is -0.131. The smallest absolute Gasteiger partial charge is 0.230 e. The van der Waals surface area contributed by atoms with Crippen molar-refractivity contribution in [1.29, 1.82) is 0 Å². The summed E-state index contributed by atoms with van der Waals surface area (Å²) < 4.78 is 5.48. The number of nitrogens with zero attached hydrogens (tertiary/aromatic N) is 1. The van der Waals surface area contributed by atoms with Crippen LogP contribution in [0.4, 0.5) is 0 Å². The molecule has 28 heavy (non-hydrogen) atoms. The van der Waals surface area contributed by atoms with Crippen LogP contribution in [-0.4, -0.2) is 37.0 Å². The molecule has 1 heterocycles. The molecule has 1 saturated heterocycles. The lowest BCUT2D eigenvalue weighted by atomic mass is 9.63. The van der Waals surface area contributed by atoms with Gasteiger partial charge in [0, 0.05) is 31.2 Å². The predicted octanol–water partition coefficient (Wildman–Crippen LogP) is 3.90. The van der Waals surface area contributed by atoms with Gasteiger partial charge in [0.2, 0.25) is 5.91 Å². The molecule has 2 aromatic rings. The van der Waals surface area contributed by atoms with Gasteiger partial charge < -0.3 is 10.1 Å². The summed E-state index contributed by atoms with van der Waals surface area (Å²) >= 11 is 0. The third-order valence-corrected chi connectivity index (χ3v) is 6.48.